The van der Waals surface area contributed by atoms with Crippen molar-refractivity contribution in [3.63, 3.8) is 0 Å². The number of nitrogens with zero attached hydrogens (tertiary/aromatic N) is 3. The number of hydrogen-bond donors (Lipinski definition) is 2. The second-order valence-electron chi connectivity index (χ2n) is 4.21. The van der Waals surface area contributed by atoms with E-state index < -0.39 is 0 Å². The Bertz CT molecular complexity index is 404. The van der Waals surface area contributed by atoms with Crippen LogP contribution in [0.2, 0.25) is 0 Å². The van der Waals surface area contributed by atoms with Crippen molar-refractivity contribution in [1.29, 1.82) is 0 Å². The van der Waals surface area contributed by atoms with Crippen molar-refractivity contribution in [3.8, 4) is 0 Å². The molecular weight excluding hydrogens is 236 g/mol. The van der Waals surface area contributed by atoms with Gasteiger partial charge in [0.15, 0.2) is 5.82 Å². The number of rotatable bonds is 3. The number of hydrogen-bond acceptors (Lipinski definition) is 5. The molecule has 92 valence electrons. The van der Waals surface area contributed by atoms with Crippen molar-refractivity contribution in [2.75, 3.05) is 24.6 Å². The summed E-state index contributed by atoms with van der Waals surface area (Å²) in [7, 11) is 0. The zero-order valence-corrected chi connectivity index (χ0v) is 10.4. The molecule has 0 spiro atoms. The quantitative estimate of drug-likeness (QED) is 0.755. The van der Waals surface area contributed by atoms with E-state index in [-0.39, 0.29) is 11.6 Å². The highest BCUT2D eigenvalue weighted by Gasteiger charge is 2.22. The van der Waals surface area contributed by atoms with Crippen molar-refractivity contribution in [1.82, 2.24) is 9.97 Å². The van der Waals surface area contributed by atoms with E-state index in [4.69, 9.17) is 23.1 Å². The molecule has 1 aromatic heterocycles. The first-order chi connectivity index (χ1) is 8.22. The highest BCUT2D eigenvalue weighted by atomic mass is 32.1. The van der Waals surface area contributed by atoms with Crippen LogP contribution < -0.4 is 10.6 Å². The summed E-state index contributed by atoms with van der Waals surface area (Å²) >= 11 is 4.97. The van der Waals surface area contributed by atoms with Gasteiger partial charge in [0.25, 0.3) is 0 Å². The van der Waals surface area contributed by atoms with E-state index in [9.17, 15) is 0 Å². The topological polar surface area (TPSA) is 75.3 Å². The van der Waals surface area contributed by atoms with Crippen LogP contribution in [-0.4, -0.2) is 39.8 Å². The van der Waals surface area contributed by atoms with Crippen LogP contribution >= 0.6 is 12.2 Å². The molecule has 1 aliphatic heterocycles. The van der Waals surface area contributed by atoms with Gasteiger partial charge in [0.05, 0.1) is 0 Å². The molecule has 1 aromatic rings. The lowest BCUT2D eigenvalue weighted by molar-refractivity contribution is 0.202. The van der Waals surface area contributed by atoms with Gasteiger partial charge < -0.3 is 15.7 Å². The van der Waals surface area contributed by atoms with Crippen LogP contribution in [0.15, 0.2) is 12.4 Å². The minimum absolute atomic E-state index is 0.260. The van der Waals surface area contributed by atoms with E-state index in [0.717, 1.165) is 31.7 Å². The van der Waals surface area contributed by atoms with E-state index in [0.29, 0.717) is 11.6 Å². The van der Waals surface area contributed by atoms with Crippen LogP contribution in [0.3, 0.4) is 0 Å². The number of piperidine rings is 1. The van der Waals surface area contributed by atoms with Crippen molar-refractivity contribution in [2.45, 2.75) is 12.8 Å². The van der Waals surface area contributed by atoms with Gasteiger partial charge in [0, 0.05) is 32.1 Å². The maximum Gasteiger partial charge on any atom is 0.157 e. The molecule has 1 fully saturated rings. The molecule has 17 heavy (non-hydrogen) atoms. The van der Waals surface area contributed by atoms with E-state index in [2.05, 4.69) is 14.9 Å². The first-order valence-electron chi connectivity index (χ1n) is 5.69. The van der Waals surface area contributed by atoms with Gasteiger partial charge in [-0.15, -0.1) is 0 Å². The van der Waals surface area contributed by atoms with Crippen molar-refractivity contribution in [3.05, 3.63) is 18.1 Å². The molecule has 5 nitrogen and oxygen atoms in total. The van der Waals surface area contributed by atoms with Crippen LogP contribution in [0.1, 0.15) is 18.5 Å². The number of aliphatic hydroxyl groups is 1. The van der Waals surface area contributed by atoms with Gasteiger partial charge in [-0.2, -0.15) is 0 Å². The number of anilines is 1. The lowest BCUT2D eigenvalue weighted by Gasteiger charge is -2.32. The van der Waals surface area contributed by atoms with Gasteiger partial charge in [0.2, 0.25) is 0 Å². The van der Waals surface area contributed by atoms with Gasteiger partial charge in [-0.1, -0.05) is 12.2 Å². The Kier molecular flexibility index (Phi) is 3.86. The zero-order valence-electron chi connectivity index (χ0n) is 9.54. The maximum absolute atomic E-state index is 9.10. The minimum Gasteiger partial charge on any atom is -0.396 e. The second-order valence-corrected chi connectivity index (χ2v) is 4.65. The Morgan fingerprint density at radius 3 is 2.65 bits per heavy atom. The van der Waals surface area contributed by atoms with Crippen LogP contribution in [-0.2, 0) is 0 Å². The van der Waals surface area contributed by atoms with Gasteiger partial charge in [-0.3, -0.25) is 0 Å². The fraction of sp³-hybridized carbons (Fsp3) is 0.545. The van der Waals surface area contributed by atoms with Crippen LogP contribution in [0.4, 0.5) is 5.82 Å². The Balaban J connectivity index is 2.15. The molecule has 0 saturated carbocycles. The first kappa shape index (κ1) is 12.2. The predicted octanol–water partition coefficient (Wildman–Crippen LogP) is 0.319. The normalized spacial score (nSPS) is 17.1. The number of aromatic nitrogens is 2. The molecule has 0 bridgehead atoms. The molecule has 1 saturated heterocycles. The van der Waals surface area contributed by atoms with Gasteiger partial charge >= 0.3 is 0 Å². The van der Waals surface area contributed by atoms with E-state index >= 15 is 0 Å². The maximum atomic E-state index is 9.10. The molecule has 6 heteroatoms. The summed E-state index contributed by atoms with van der Waals surface area (Å²) < 4.78 is 0. The lowest BCUT2D eigenvalue weighted by atomic mass is 9.98. The van der Waals surface area contributed by atoms with Crippen LogP contribution in [0, 0.1) is 5.92 Å². The molecule has 3 N–H and O–H groups in total. The third kappa shape index (κ3) is 2.70. The summed E-state index contributed by atoms with van der Waals surface area (Å²) in [6.45, 7) is 1.98. The molecule has 2 heterocycles. The largest absolute Gasteiger partial charge is 0.396 e. The molecule has 2 rings (SSSR count). The van der Waals surface area contributed by atoms with Crippen molar-refractivity contribution < 1.29 is 5.11 Å². The number of thiocarbonyl (C=S) groups is 1. The fourth-order valence-corrected chi connectivity index (χ4v) is 2.21. The smallest absolute Gasteiger partial charge is 0.157 e. The number of nitrogens with two attached hydrogens (primary N) is 1. The summed E-state index contributed by atoms with van der Waals surface area (Å²) in [6, 6.07) is 0. The molecule has 0 amide bonds. The molecule has 0 atom stereocenters. The Labute approximate surface area is 106 Å². The van der Waals surface area contributed by atoms with Gasteiger partial charge in [-0.05, 0) is 18.8 Å². The fourth-order valence-electron chi connectivity index (χ4n) is 2.06. The van der Waals surface area contributed by atoms with E-state index in [1.807, 2.05) is 0 Å². The summed E-state index contributed by atoms with van der Waals surface area (Å²) in [5.41, 5.74) is 6.22. The first-order valence-corrected chi connectivity index (χ1v) is 6.10. The molecule has 0 aliphatic carbocycles. The highest BCUT2D eigenvalue weighted by molar-refractivity contribution is 7.80. The minimum atomic E-state index is 0.260. The molecule has 0 aromatic carbocycles. The van der Waals surface area contributed by atoms with Crippen molar-refractivity contribution in [2.24, 2.45) is 11.7 Å². The summed E-state index contributed by atoms with van der Waals surface area (Å²) in [4.78, 5) is 10.9. The van der Waals surface area contributed by atoms with Gasteiger partial charge in [0.1, 0.15) is 10.7 Å². The zero-order chi connectivity index (χ0) is 12.3. The molecule has 0 unspecified atom stereocenters. The lowest BCUT2D eigenvalue weighted by Crippen LogP contribution is -2.36. The third-order valence-electron chi connectivity index (χ3n) is 3.08. The Hall–Kier alpha value is -1.27. The average molecular weight is 252 g/mol. The van der Waals surface area contributed by atoms with Gasteiger partial charge in [-0.25, -0.2) is 9.97 Å². The van der Waals surface area contributed by atoms with Crippen LogP contribution in [0.25, 0.3) is 0 Å². The monoisotopic (exact) mass is 252 g/mol. The third-order valence-corrected chi connectivity index (χ3v) is 3.28. The molecule has 0 radical (unpaired) electrons. The standard InChI is InChI=1S/C11H16N4OS/c12-10(17)9-11(14-4-3-13-9)15-5-1-8(7-16)2-6-15/h3-4,8,16H,1-2,5-7H2,(H2,12,17). The molecular formula is C11H16N4OS. The SMILES string of the molecule is NC(=S)c1nccnc1N1CCC(CO)CC1. The van der Waals surface area contributed by atoms with E-state index in [1.165, 1.54) is 0 Å². The summed E-state index contributed by atoms with van der Waals surface area (Å²) in [5.74, 6) is 1.16. The van der Waals surface area contributed by atoms with E-state index in [1.54, 1.807) is 12.4 Å². The Morgan fingerprint density at radius 2 is 2.06 bits per heavy atom. The summed E-state index contributed by atoms with van der Waals surface area (Å²) in [6.07, 6.45) is 5.17. The average Bonchev–Trinajstić information content (AvgIpc) is 2.39. The number of aliphatic hydroxyl groups excluding tert-OH is 1. The highest BCUT2D eigenvalue weighted by Crippen LogP contribution is 2.23. The summed E-state index contributed by atoms with van der Waals surface area (Å²) in [5, 5.41) is 9.10. The van der Waals surface area contributed by atoms with Crippen LogP contribution in [0.5, 0.6) is 0 Å². The predicted molar refractivity (Wildman–Crippen MR) is 69.9 cm³/mol. The van der Waals surface area contributed by atoms with Crippen molar-refractivity contribution >= 4 is 23.0 Å². The Morgan fingerprint density at radius 1 is 1.41 bits per heavy atom. The second kappa shape index (κ2) is 5.37. The molecule has 1 aliphatic rings.